The Morgan fingerprint density at radius 2 is 1.88 bits per heavy atom. The molecular formula is C18H20N2O5S. The summed E-state index contributed by atoms with van der Waals surface area (Å²) in [6, 6.07) is 6.84. The van der Waals surface area contributed by atoms with Crippen molar-refractivity contribution in [1.82, 2.24) is 4.90 Å². The smallest absolute Gasteiger partial charge is 0.328 e. The Labute approximate surface area is 155 Å². The third-order valence-electron chi connectivity index (χ3n) is 4.32. The number of benzene rings is 1. The number of hydrogen-bond donors (Lipinski definition) is 0. The fourth-order valence-electron chi connectivity index (χ4n) is 2.84. The van der Waals surface area contributed by atoms with Gasteiger partial charge in [0.25, 0.3) is 11.1 Å². The van der Waals surface area contributed by atoms with Gasteiger partial charge >= 0.3 is 5.97 Å². The summed E-state index contributed by atoms with van der Waals surface area (Å²) in [7, 11) is 1.23. The van der Waals surface area contributed by atoms with Crippen LogP contribution in [-0.2, 0) is 19.1 Å². The molecule has 0 bridgehead atoms. The second kappa shape index (κ2) is 7.92. The molecule has 0 unspecified atom stereocenters. The van der Waals surface area contributed by atoms with Gasteiger partial charge < -0.3 is 14.4 Å². The van der Waals surface area contributed by atoms with Crippen LogP contribution in [0, 0.1) is 0 Å². The molecule has 2 fully saturated rings. The number of amides is 2. The molecule has 0 radical (unpaired) electrons. The molecule has 7 nitrogen and oxygen atoms in total. The molecule has 1 atom stereocenters. The van der Waals surface area contributed by atoms with Crippen molar-refractivity contribution < 1.29 is 23.9 Å². The summed E-state index contributed by atoms with van der Waals surface area (Å²) in [5, 5.41) is -0.468. The van der Waals surface area contributed by atoms with Gasteiger partial charge in [0.1, 0.15) is 6.04 Å². The van der Waals surface area contributed by atoms with Gasteiger partial charge in [0.05, 0.1) is 25.2 Å². The van der Waals surface area contributed by atoms with Gasteiger partial charge in [-0.15, -0.1) is 0 Å². The van der Waals surface area contributed by atoms with Crippen LogP contribution in [0.3, 0.4) is 0 Å². The van der Waals surface area contributed by atoms with Crippen molar-refractivity contribution in [2.75, 3.05) is 38.3 Å². The number of hydrogen-bond acceptors (Lipinski definition) is 7. The summed E-state index contributed by atoms with van der Waals surface area (Å²) in [5.74, 6) is -1.10. The highest BCUT2D eigenvalue weighted by molar-refractivity contribution is 8.18. The van der Waals surface area contributed by atoms with E-state index in [9.17, 15) is 14.4 Å². The van der Waals surface area contributed by atoms with Crippen molar-refractivity contribution in [3.63, 3.8) is 0 Å². The summed E-state index contributed by atoms with van der Waals surface area (Å²) < 4.78 is 9.97. The average Bonchev–Trinajstić information content (AvgIpc) is 2.95. The van der Waals surface area contributed by atoms with E-state index in [1.165, 1.54) is 14.0 Å². The highest BCUT2D eigenvalue weighted by Crippen LogP contribution is 2.34. The molecule has 0 aliphatic carbocycles. The first kappa shape index (κ1) is 18.5. The quantitative estimate of drug-likeness (QED) is 0.588. The van der Waals surface area contributed by atoms with Crippen molar-refractivity contribution in [3.8, 4) is 0 Å². The summed E-state index contributed by atoms with van der Waals surface area (Å²) in [4.78, 5) is 39.7. The first-order valence-electron chi connectivity index (χ1n) is 8.29. The molecule has 0 spiro atoms. The third kappa shape index (κ3) is 3.76. The Kier molecular flexibility index (Phi) is 5.63. The number of carbonyl (C=O) groups excluding carboxylic acids is 3. The predicted molar refractivity (Wildman–Crippen MR) is 98.8 cm³/mol. The molecule has 2 aliphatic rings. The number of thioether (sulfide) groups is 1. The van der Waals surface area contributed by atoms with Gasteiger partial charge in [0, 0.05) is 18.8 Å². The zero-order chi connectivity index (χ0) is 18.7. The lowest BCUT2D eigenvalue weighted by atomic mass is 10.1. The minimum atomic E-state index is -0.943. The Balaban J connectivity index is 1.74. The minimum absolute atomic E-state index is 0.296. The Hall–Kier alpha value is -2.32. The Bertz CT molecular complexity index is 740. The summed E-state index contributed by atoms with van der Waals surface area (Å²) in [5.41, 5.74) is 1.91. The van der Waals surface area contributed by atoms with Gasteiger partial charge in [-0.3, -0.25) is 14.5 Å². The lowest BCUT2D eigenvalue weighted by Gasteiger charge is -2.28. The number of methoxy groups -OCH3 is 1. The zero-order valence-corrected chi connectivity index (χ0v) is 15.5. The maximum absolute atomic E-state index is 12.5. The van der Waals surface area contributed by atoms with Crippen molar-refractivity contribution in [2.24, 2.45) is 0 Å². The Morgan fingerprint density at radius 1 is 1.23 bits per heavy atom. The SMILES string of the molecule is COC(=O)[C@@H](C)N1C(=O)S/C(=C/c2ccc(N3CCOCC3)cc2)C1=O. The number of anilines is 1. The first-order valence-corrected chi connectivity index (χ1v) is 9.10. The zero-order valence-electron chi connectivity index (χ0n) is 14.6. The molecule has 0 saturated carbocycles. The molecule has 2 saturated heterocycles. The van der Waals surface area contributed by atoms with Crippen molar-refractivity contribution >= 4 is 40.6 Å². The topological polar surface area (TPSA) is 76.2 Å². The molecule has 26 heavy (non-hydrogen) atoms. The molecule has 0 N–H and O–H groups in total. The van der Waals surface area contributed by atoms with Crippen LogP contribution in [0.2, 0.25) is 0 Å². The molecule has 138 valence electrons. The maximum atomic E-state index is 12.5. The molecule has 2 aliphatic heterocycles. The summed E-state index contributed by atoms with van der Waals surface area (Å²) in [6.45, 7) is 4.61. The fourth-order valence-corrected chi connectivity index (χ4v) is 3.75. The lowest BCUT2D eigenvalue weighted by Crippen LogP contribution is -2.42. The molecule has 1 aromatic rings. The van der Waals surface area contributed by atoms with Crippen molar-refractivity contribution in [1.29, 1.82) is 0 Å². The van der Waals surface area contributed by atoms with Crippen LogP contribution < -0.4 is 4.90 Å². The van der Waals surface area contributed by atoms with Gasteiger partial charge in [-0.25, -0.2) is 4.79 Å². The van der Waals surface area contributed by atoms with Crippen LogP contribution in [0.1, 0.15) is 12.5 Å². The Morgan fingerprint density at radius 3 is 2.50 bits per heavy atom. The van der Waals surface area contributed by atoms with Crippen LogP contribution in [0.5, 0.6) is 0 Å². The van der Waals surface area contributed by atoms with E-state index in [4.69, 9.17) is 4.74 Å². The van der Waals surface area contributed by atoms with Gasteiger partial charge in [0.2, 0.25) is 0 Å². The highest BCUT2D eigenvalue weighted by Gasteiger charge is 2.41. The van der Waals surface area contributed by atoms with E-state index in [0.717, 1.165) is 41.0 Å². The maximum Gasteiger partial charge on any atom is 0.328 e. The molecule has 8 heteroatoms. The molecule has 1 aromatic carbocycles. The molecule has 2 amide bonds. The largest absolute Gasteiger partial charge is 0.467 e. The molecule has 2 heterocycles. The first-order chi connectivity index (χ1) is 12.5. The fraction of sp³-hybridized carbons (Fsp3) is 0.389. The normalized spacial score (nSPS) is 20.6. The molecule has 0 aromatic heterocycles. The lowest BCUT2D eigenvalue weighted by molar-refractivity contribution is -0.148. The van der Waals surface area contributed by atoms with Crippen molar-refractivity contribution in [3.05, 3.63) is 34.7 Å². The second-order valence-electron chi connectivity index (χ2n) is 5.94. The third-order valence-corrected chi connectivity index (χ3v) is 5.20. The van der Waals surface area contributed by atoms with E-state index in [0.29, 0.717) is 18.1 Å². The highest BCUT2D eigenvalue weighted by atomic mass is 32.2. The van der Waals surface area contributed by atoms with Gasteiger partial charge in [0.15, 0.2) is 0 Å². The van der Waals surface area contributed by atoms with Crippen LogP contribution >= 0.6 is 11.8 Å². The summed E-state index contributed by atoms with van der Waals surface area (Å²) in [6.07, 6.45) is 1.66. The van der Waals surface area contributed by atoms with E-state index in [1.807, 2.05) is 24.3 Å². The standard InChI is InChI=1S/C18H20N2O5S/c1-12(17(22)24-2)20-16(21)15(26-18(20)23)11-13-3-5-14(6-4-13)19-7-9-25-10-8-19/h3-6,11-12H,7-10H2,1-2H3/b15-11+/t12-/m1/s1. The van der Waals surface area contributed by atoms with Gasteiger partial charge in [-0.1, -0.05) is 12.1 Å². The van der Waals surface area contributed by atoms with Crippen LogP contribution in [-0.4, -0.2) is 61.5 Å². The van der Waals surface area contributed by atoms with E-state index < -0.39 is 23.2 Å². The van der Waals surface area contributed by atoms with Crippen LogP contribution in [0.25, 0.3) is 6.08 Å². The van der Waals surface area contributed by atoms with Crippen molar-refractivity contribution in [2.45, 2.75) is 13.0 Å². The summed E-state index contributed by atoms with van der Waals surface area (Å²) >= 11 is 0.829. The monoisotopic (exact) mass is 376 g/mol. The predicted octanol–water partition coefficient (Wildman–Crippen LogP) is 2.12. The van der Waals surface area contributed by atoms with Crippen LogP contribution in [0.4, 0.5) is 10.5 Å². The number of esters is 1. The van der Waals surface area contributed by atoms with E-state index >= 15 is 0 Å². The van der Waals surface area contributed by atoms with E-state index in [2.05, 4.69) is 9.64 Å². The minimum Gasteiger partial charge on any atom is -0.467 e. The van der Waals surface area contributed by atoms with E-state index in [1.54, 1.807) is 6.08 Å². The number of morpholine rings is 1. The van der Waals surface area contributed by atoms with E-state index in [-0.39, 0.29) is 0 Å². The number of rotatable bonds is 4. The number of carbonyl (C=O) groups is 3. The van der Waals surface area contributed by atoms with Gasteiger partial charge in [-0.2, -0.15) is 0 Å². The number of ether oxygens (including phenoxy) is 2. The van der Waals surface area contributed by atoms with Crippen LogP contribution in [0.15, 0.2) is 29.2 Å². The second-order valence-corrected chi connectivity index (χ2v) is 6.93. The number of nitrogens with zero attached hydrogens (tertiary/aromatic N) is 2. The average molecular weight is 376 g/mol. The van der Waals surface area contributed by atoms with Gasteiger partial charge in [-0.05, 0) is 42.5 Å². The molecular weight excluding hydrogens is 356 g/mol. The molecule has 3 rings (SSSR count). The number of imide groups is 1.